The number of ether oxygens (including phenoxy) is 1. The van der Waals surface area contributed by atoms with E-state index in [4.69, 9.17) is 9.72 Å². The molecule has 0 radical (unpaired) electrons. The van der Waals surface area contributed by atoms with Crippen molar-refractivity contribution in [3.8, 4) is 11.1 Å². The highest BCUT2D eigenvalue weighted by molar-refractivity contribution is 5.78. The first-order chi connectivity index (χ1) is 16.8. The van der Waals surface area contributed by atoms with Crippen molar-refractivity contribution in [1.82, 2.24) is 14.3 Å². The summed E-state index contributed by atoms with van der Waals surface area (Å²) < 4.78 is 7.11. The Morgan fingerprint density at radius 3 is 2.51 bits per heavy atom. The number of nitrogens with zero attached hydrogens (tertiary/aromatic N) is 4. The Balaban J connectivity index is 1.36. The molecule has 184 valence electrons. The summed E-state index contributed by atoms with van der Waals surface area (Å²) in [5.74, 6) is 0.767. The number of likely N-dealkylation sites (tertiary alicyclic amines) is 1. The zero-order valence-corrected chi connectivity index (χ0v) is 20.7. The molecule has 0 spiro atoms. The fraction of sp³-hybridized carbons (Fsp3) is 0.444. The number of amides is 1. The number of nitrogens with one attached hydrogen (secondary N) is 1. The molecule has 8 nitrogen and oxygen atoms in total. The number of pyridine rings is 1. The van der Waals surface area contributed by atoms with Crippen molar-refractivity contribution in [2.75, 3.05) is 36.4 Å². The molecule has 1 amide bonds. The Kier molecular flexibility index (Phi) is 6.13. The third-order valence-corrected chi connectivity index (χ3v) is 6.50. The minimum atomic E-state index is -0.497. The summed E-state index contributed by atoms with van der Waals surface area (Å²) >= 11 is 0. The van der Waals surface area contributed by atoms with E-state index in [1.165, 1.54) is 0 Å². The maximum Gasteiger partial charge on any atom is 0.410 e. The summed E-state index contributed by atoms with van der Waals surface area (Å²) in [5, 5.41) is 3.52. The average molecular weight is 476 g/mol. The maximum atomic E-state index is 13.5. The molecule has 3 aromatic rings. The Morgan fingerprint density at radius 1 is 1.06 bits per heavy atom. The molecule has 2 aliphatic heterocycles. The van der Waals surface area contributed by atoms with E-state index >= 15 is 0 Å². The minimum Gasteiger partial charge on any atom is -0.444 e. The predicted molar refractivity (Wildman–Crippen MR) is 138 cm³/mol. The van der Waals surface area contributed by atoms with Gasteiger partial charge in [-0.1, -0.05) is 18.2 Å². The number of fused-ring (bicyclic) bond motifs is 1. The van der Waals surface area contributed by atoms with Gasteiger partial charge in [0.2, 0.25) is 0 Å². The van der Waals surface area contributed by atoms with Crippen LogP contribution in [0, 0.1) is 0 Å². The van der Waals surface area contributed by atoms with Crippen LogP contribution < -0.4 is 15.8 Å². The third kappa shape index (κ3) is 4.97. The van der Waals surface area contributed by atoms with Crippen molar-refractivity contribution in [1.29, 1.82) is 0 Å². The first kappa shape index (κ1) is 23.2. The highest BCUT2D eigenvalue weighted by Crippen LogP contribution is 2.30. The molecule has 0 unspecified atom stereocenters. The molecule has 2 aromatic heterocycles. The number of anilines is 2. The molecule has 0 saturated carbocycles. The van der Waals surface area contributed by atoms with Gasteiger partial charge in [0.25, 0.3) is 5.56 Å². The molecule has 8 heteroatoms. The van der Waals surface area contributed by atoms with Gasteiger partial charge in [0.05, 0.1) is 5.56 Å². The third-order valence-electron chi connectivity index (χ3n) is 6.50. The van der Waals surface area contributed by atoms with Crippen molar-refractivity contribution in [2.24, 2.45) is 0 Å². The van der Waals surface area contributed by atoms with Crippen LogP contribution in [0.4, 0.5) is 16.3 Å². The maximum absolute atomic E-state index is 13.5. The van der Waals surface area contributed by atoms with E-state index in [-0.39, 0.29) is 17.7 Å². The van der Waals surface area contributed by atoms with Gasteiger partial charge < -0.3 is 19.9 Å². The van der Waals surface area contributed by atoms with Crippen molar-refractivity contribution in [3.63, 3.8) is 0 Å². The van der Waals surface area contributed by atoms with E-state index in [9.17, 15) is 9.59 Å². The van der Waals surface area contributed by atoms with E-state index in [2.05, 4.69) is 10.2 Å². The van der Waals surface area contributed by atoms with E-state index in [1.807, 2.05) is 63.2 Å². The zero-order chi connectivity index (χ0) is 24.6. The van der Waals surface area contributed by atoms with Crippen LogP contribution in [0.25, 0.3) is 16.8 Å². The molecular formula is C27H33N5O3. The van der Waals surface area contributed by atoms with Crippen LogP contribution in [0.15, 0.2) is 53.5 Å². The molecule has 4 heterocycles. The topological polar surface area (TPSA) is 79.2 Å². The molecule has 0 aliphatic carbocycles. The Morgan fingerprint density at radius 2 is 1.80 bits per heavy atom. The molecule has 2 saturated heterocycles. The Labute approximate surface area is 205 Å². The van der Waals surface area contributed by atoms with Gasteiger partial charge in [0.15, 0.2) is 0 Å². The van der Waals surface area contributed by atoms with Gasteiger partial charge in [0.1, 0.15) is 17.1 Å². The molecule has 0 bridgehead atoms. The lowest BCUT2D eigenvalue weighted by atomic mass is 10.1. The number of hydrogen-bond acceptors (Lipinski definition) is 6. The second-order valence-electron chi connectivity index (χ2n) is 10.4. The quantitative estimate of drug-likeness (QED) is 0.603. The number of carbonyl (C=O) groups excluding carboxylic acids is 1. The predicted octanol–water partition coefficient (Wildman–Crippen LogP) is 4.38. The van der Waals surface area contributed by atoms with E-state index in [1.54, 1.807) is 15.5 Å². The lowest BCUT2D eigenvalue weighted by Gasteiger charge is -2.24. The summed E-state index contributed by atoms with van der Waals surface area (Å²) in [5.41, 5.74) is 2.57. The lowest BCUT2D eigenvalue weighted by molar-refractivity contribution is 0.0293. The van der Waals surface area contributed by atoms with Gasteiger partial charge in [-0.3, -0.25) is 9.20 Å². The second kappa shape index (κ2) is 9.24. The molecule has 1 aromatic carbocycles. The average Bonchev–Trinajstić information content (AvgIpc) is 3.51. The molecule has 2 fully saturated rings. The van der Waals surface area contributed by atoms with Gasteiger partial charge in [-0.15, -0.1) is 0 Å². The highest BCUT2D eigenvalue weighted by atomic mass is 16.6. The van der Waals surface area contributed by atoms with Gasteiger partial charge in [-0.05, 0) is 69.9 Å². The summed E-state index contributed by atoms with van der Waals surface area (Å²) in [6.07, 6.45) is 4.58. The summed E-state index contributed by atoms with van der Waals surface area (Å²) in [4.78, 5) is 34.7. The Hall–Kier alpha value is -3.55. The first-order valence-electron chi connectivity index (χ1n) is 12.4. The Bertz CT molecular complexity index is 1270. The molecule has 5 rings (SSSR count). The van der Waals surface area contributed by atoms with Crippen molar-refractivity contribution < 1.29 is 9.53 Å². The van der Waals surface area contributed by atoms with Gasteiger partial charge in [-0.25, -0.2) is 9.78 Å². The minimum absolute atomic E-state index is 0.0537. The molecule has 2 aliphatic rings. The monoisotopic (exact) mass is 475 g/mol. The van der Waals surface area contributed by atoms with Crippen molar-refractivity contribution >= 4 is 23.2 Å². The number of aromatic nitrogens is 2. The summed E-state index contributed by atoms with van der Waals surface area (Å²) in [7, 11) is 0. The fourth-order valence-electron chi connectivity index (χ4n) is 4.83. The van der Waals surface area contributed by atoms with E-state index < -0.39 is 5.60 Å². The second-order valence-corrected chi connectivity index (χ2v) is 10.4. The summed E-state index contributed by atoms with van der Waals surface area (Å²) in [6, 6.07) is 13.7. The standard InChI is InChI=1S/C27H33N5O3/c1-27(2,3)35-26(34)31-17-13-21(18-31)28-20-11-9-19(10-12-20)23-24(30-14-6-7-15-30)29-22-8-4-5-16-32(22)25(23)33/h4-5,8-12,16,21,28H,6-7,13-15,17-18H2,1-3H3/t21-/m1/s1. The van der Waals surface area contributed by atoms with Crippen molar-refractivity contribution in [2.45, 2.75) is 51.7 Å². The number of rotatable bonds is 4. The van der Waals surface area contributed by atoms with Gasteiger partial charge >= 0.3 is 6.09 Å². The van der Waals surface area contributed by atoms with E-state index in [0.29, 0.717) is 24.3 Å². The summed E-state index contributed by atoms with van der Waals surface area (Å²) in [6.45, 7) is 8.74. The van der Waals surface area contributed by atoms with Crippen LogP contribution in [0.3, 0.4) is 0 Å². The van der Waals surface area contributed by atoms with E-state index in [0.717, 1.165) is 49.4 Å². The number of carbonyl (C=O) groups is 1. The fourth-order valence-corrected chi connectivity index (χ4v) is 4.83. The molecule has 35 heavy (non-hydrogen) atoms. The van der Waals surface area contributed by atoms with Crippen LogP contribution in [0.1, 0.15) is 40.0 Å². The van der Waals surface area contributed by atoms with Crippen molar-refractivity contribution in [3.05, 3.63) is 59.0 Å². The normalized spacial score (nSPS) is 18.3. The van der Waals surface area contributed by atoms with Gasteiger partial charge in [-0.2, -0.15) is 0 Å². The van der Waals surface area contributed by atoms with Crippen LogP contribution in [0.5, 0.6) is 0 Å². The highest BCUT2D eigenvalue weighted by Gasteiger charge is 2.30. The first-order valence-corrected chi connectivity index (χ1v) is 12.4. The van der Waals surface area contributed by atoms with Crippen LogP contribution in [-0.2, 0) is 4.74 Å². The lowest BCUT2D eigenvalue weighted by Crippen LogP contribution is -2.36. The smallest absolute Gasteiger partial charge is 0.410 e. The molecule has 1 N–H and O–H groups in total. The largest absolute Gasteiger partial charge is 0.444 e. The van der Waals surface area contributed by atoms with Crippen LogP contribution >= 0.6 is 0 Å². The van der Waals surface area contributed by atoms with Gasteiger partial charge in [0, 0.05) is 44.1 Å². The zero-order valence-electron chi connectivity index (χ0n) is 20.7. The molecule has 1 atom stereocenters. The SMILES string of the molecule is CC(C)(C)OC(=O)N1CC[C@@H](Nc2ccc(-c3c(N4CCCC4)nc4ccccn4c3=O)cc2)C1. The van der Waals surface area contributed by atoms with Crippen LogP contribution in [0.2, 0.25) is 0 Å². The molecular weight excluding hydrogens is 442 g/mol. The number of hydrogen-bond donors (Lipinski definition) is 1. The number of benzene rings is 1. The van der Waals surface area contributed by atoms with Crippen LogP contribution in [-0.4, -0.2) is 58.2 Å².